The lowest BCUT2D eigenvalue weighted by Gasteiger charge is -2.32. The van der Waals surface area contributed by atoms with Gasteiger partial charge in [-0.1, -0.05) is 78.9 Å². The van der Waals surface area contributed by atoms with Gasteiger partial charge in [-0.25, -0.2) is 4.79 Å². The molecule has 0 unspecified atom stereocenters. The van der Waals surface area contributed by atoms with Gasteiger partial charge in [-0.15, -0.1) is 0 Å². The minimum atomic E-state index is -2.85. The Hall–Kier alpha value is -6.41. The number of anilines is 1. The molecule has 6 rings (SSSR count). The maximum absolute atomic E-state index is 14.5. The van der Waals surface area contributed by atoms with E-state index >= 15 is 0 Å². The lowest BCUT2D eigenvalue weighted by atomic mass is 9.87. The third kappa shape index (κ3) is 6.58. The summed E-state index contributed by atoms with van der Waals surface area (Å²) in [4.78, 5) is 87.8. The molecule has 1 fully saturated rings. The molecule has 5 N–H and O–H groups in total. The summed E-state index contributed by atoms with van der Waals surface area (Å²) in [5.74, 6) is -5.76. The summed E-state index contributed by atoms with van der Waals surface area (Å²) in [7, 11) is 0. The molecule has 2 aliphatic heterocycles. The number of carboxylic acid groups (broad SMARTS) is 2. The summed E-state index contributed by atoms with van der Waals surface area (Å²) < 4.78 is 0. The minimum Gasteiger partial charge on any atom is -0.481 e. The number of imide groups is 1. The summed E-state index contributed by atoms with van der Waals surface area (Å²) in [5, 5.41) is 24.4. The normalized spacial score (nSPS) is 18.2. The Morgan fingerprint density at radius 1 is 0.904 bits per heavy atom. The molecule has 2 heterocycles. The fourth-order valence-corrected chi connectivity index (χ4v) is 6.59. The van der Waals surface area contributed by atoms with E-state index in [1.807, 2.05) is 42.5 Å². The van der Waals surface area contributed by atoms with Gasteiger partial charge in [0.15, 0.2) is 11.3 Å². The molecular formula is C38H36N6O8. The average molecular weight is 705 g/mol. The lowest BCUT2D eigenvalue weighted by molar-refractivity contribution is -0.147. The van der Waals surface area contributed by atoms with Gasteiger partial charge in [0.25, 0.3) is 11.8 Å². The zero-order valence-corrected chi connectivity index (χ0v) is 28.2. The number of carbonyl (C=O) groups is 6. The number of carboxylic acids is 2. The van der Waals surface area contributed by atoms with Crippen molar-refractivity contribution in [3.63, 3.8) is 0 Å². The number of nitrogens with zero attached hydrogens (tertiary/aromatic N) is 4. The van der Waals surface area contributed by atoms with E-state index in [1.54, 1.807) is 37.3 Å². The van der Waals surface area contributed by atoms with E-state index in [2.05, 4.69) is 10.3 Å². The van der Waals surface area contributed by atoms with Gasteiger partial charge >= 0.3 is 18.0 Å². The molecule has 0 aromatic heterocycles. The van der Waals surface area contributed by atoms with Gasteiger partial charge in [0.05, 0.1) is 19.5 Å². The number of nitrogens with one attached hydrogen (secondary N) is 1. The number of nitrogens with two attached hydrogens (primary N) is 1. The summed E-state index contributed by atoms with van der Waals surface area (Å²) in [6.07, 6.45) is -1.23. The molecule has 0 saturated carbocycles. The minimum absolute atomic E-state index is 0.0468. The first-order chi connectivity index (χ1) is 24.8. The van der Waals surface area contributed by atoms with Crippen molar-refractivity contribution >= 4 is 57.9 Å². The maximum Gasteiger partial charge on any atom is 0.328 e. The fraction of sp³-hybridized carbons (Fsp3) is 0.237. The molecule has 0 bridgehead atoms. The molecule has 266 valence electrons. The topological polar surface area (TPSA) is 203 Å². The van der Waals surface area contributed by atoms with Crippen molar-refractivity contribution in [2.75, 3.05) is 31.1 Å². The van der Waals surface area contributed by atoms with Crippen LogP contribution in [0, 0.1) is 0 Å². The highest BCUT2D eigenvalue weighted by Crippen LogP contribution is 2.39. The van der Waals surface area contributed by atoms with Crippen LogP contribution in [0.25, 0.3) is 10.8 Å². The van der Waals surface area contributed by atoms with Gasteiger partial charge in [0.2, 0.25) is 0 Å². The second kappa shape index (κ2) is 14.1. The van der Waals surface area contributed by atoms with Crippen LogP contribution in [0.3, 0.4) is 0 Å². The second-order valence-corrected chi connectivity index (χ2v) is 12.8. The van der Waals surface area contributed by atoms with Crippen LogP contribution in [0.4, 0.5) is 10.5 Å². The van der Waals surface area contributed by atoms with Gasteiger partial charge in [-0.2, -0.15) is 0 Å². The number of aliphatic carboxylic acids is 2. The highest BCUT2D eigenvalue weighted by molar-refractivity contribution is 6.21. The number of fused-ring (bicyclic) bond motifs is 1. The summed E-state index contributed by atoms with van der Waals surface area (Å²) in [5.41, 5.74) is 3.79. The van der Waals surface area contributed by atoms with Crippen molar-refractivity contribution in [3.05, 3.63) is 114 Å². The fourth-order valence-electron chi connectivity index (χ4n) is 6.59. The van der Waals surface area contributed by atoms with Crippen LogP contribution < -0.4 is 16.0 Å². The van der Waals surface area contributed by atoms with Gasteiger partial charge in [-0.3, -0.25) is 38.8 Å². The number of urea groups is 1. The molecule has 0 aliphatic carbocycles. The number of amidine groups is 1. The van der Waals surface area contributed by atoms with E-state index in [9.17, 15) is 39.0 Å². The average Bonchev–Trinajstić information content (AvgIpc) is 3.74. The number of Topliss-reactive ketones (excluding diaryl/α,β-unsaturated/α-hetero) is 1. The van der Waals surface area contributed by atoms with E-state index in [4.69, 9.17) is 5.73 Å². The number of hydrogen-bond acceptors (Lipinski definition) is 9. The Labute approximate surface area is 298 Å². The highest BCUT2D eigenvalue weighted by atomic mass is 16.4. The van der Waals surface area contributed by atoms with Crippen LogP contribution in [0.2, 0.25) is 0 Å². The monoisotopic (exact) mass is 704 g/mol. The molecule has 2 atom stereocenters. The van der Waals surface area contributed by atoms with Crippen molar-refractivity contribution in [2.45, 2.75) is 31.0 Å². The van der Waals surface area contributed by atoms with E-state index in [1.165, 1.54) is 29.2 Å². The quantitative estimate of drug-likeness (QED) is 0.118. The van der Waals surface area contributed by atoms with Gasteiger partial charge in [0.1, 0.15) is 17.9 Å². The Kier molecular flexibility index (Phi) is 9.59. The molecule has 14 nitrogen and oxygen atoms in total. The third-order valence-electron chi connectivity index (χ3n) is 9.43. The van der Waals surface area contributed by atoms with Crippen molar-refractivity contribution < 1.29 is 39.0 Å². The van der Waals surface area contributed by atoms with Crippen molar-refractivity contribution in [2.24, 2.45) is 10.7 Å². The molecule has 4 aromatic carbocycles. The Bertz CT molecular complexity index is 2120. The van der Waals surface area contributed by atoms with Crippen molar-refractivity contribution in [1.29, 1.82) is 0 Å². The van der Waals surface area contributed by atoms with Crippen LogP contribution in [-0.2, 0) is 36.1 Å². The van der Waals surface area contributed by atoms with Crippen LogP contribution in [-0.4, -0.2) is 93.1 Å². The third-order valence-corrected chi connectivity index (χ3v) is 9.43. The van der Waals surface area contributed by atoms with Gasteiger partial charge in [-0.05, 0) is 47.0 Å². The molecule has 52 heavy (non-hydrogen) atoms. The first-order valence-corrected chi connectivity index (χ1v) is 16.5. The number of carbonyl (C=O) groups excluding carboxylic acids is 4. The Morgan fingerprint density at radius 3 is 2.21 bits per heavy atom. The molecule has 14 heteroatoms. The highest BCUT2D eigenvalue weighted by Gasteiger charge is 2.57. The lowest BCUT2D eigenvalue weighted by Crippen LogP contribution is -2.64. The van der Waals surface area contributed by atoms with Crippen molar-refractivity contribution in [1.82, 2.24) is 15.1 Å². The van der Waals surface area contributed by atoms with Gasteiger partial charge < -0.3 is 26.2 Å². The standard InChI is InChI=1S/C38H36N6O8/c1-37(28-15-13-26(14-16-28)33-40-17-18-41-33)34(50)43(36(52)44(37)21-24-11-12-25-7-5-6-8-27(25)19-24)22-30(45)38(39,20-31(46)47)35(51)42(23-32(48)49)29-9-3-2-4-10-29/h2-16,19H,17-18,20-23,39H2,1H3,(H,40,41)(H,46,47)(H,48,49)/t37-,38-/m1/s1. The predicted molar refractivity (Wildman–Crippen MR) is 190 cm³/mol. The summed E-state index contributed by atoms with van der Waals surface area (Å²) >= 11 is 0. The van der Waals surface area contributed by atoms with E-state index in [0.717, 1.165) is 16.3 Å². The zero-order chi connectivity index (χ0) is 37.2. The van der Waals surface area contributed by atoms with Crippen LogP contribution in [0.15, 0.2) is 102 Å². The van der Waals surface area contributed by atoms with Crippen LogP contribution in [0.5, 0.6) is 0 Å². The molecule has 0 spiro atoms. The number of aliphatic imine (C=N–C) groups is 1. The molecule has 4 aromatic rings. The van der Waals surface area contributed by atoms with Gasteiger partial charge in [0, 0.05) is 24.3 Å². The SMILES string of the molecule is C[C@@]1(c2ccc(C3=NCCN3)cc2)C(=O)N(CC(=O)[C@](N)(CC(=O)O)C(=O)N(CC(=O)O)c2ccccc2)C(=O)N1Cc1ccc2ccccc2c1. The maximum atomic E-state index is 14.5. The van der Waals surface area contributed by atoms with E-state index in [0.29, 0.717) is 39.9 Å². The number of rotatable bonds is 13. The van der Waals surface area contributed by atoms with Crippen molar-refractivity contribution in [3.8, 4) is 0 Å². The largest absolute Gasteiger partial charge is 0.481 e. The molecule has 0 radical (unpaired) electrons. The summed E-state index contributed by atoms with van der Waals surface area (Å²) in [6.45, 7) is 0.834. The number of para-hydroxylation sites is 1. The molecule has 1 saturated heterocycles. The molecular weight excluding hydrogens is 668 g/mol. The summed E-state index contributed by atoms with van der Waals surface area (Å²) in [6, 6.07) is 26.8. The zero-order valence-electron chi connectivity index (χ0n) is 28.2. The molecule has 4 amide bonds. The Balaban J connectivity index is 1.37. The van der Waals surface area contributed by atoms with E-state index < -0.39 is 66.2 Å². The molecule has 2 aliphatic rings. The second-order valence-electron chi connectivity index (χ2n) is 12.8. The first kappa shape index (κ1) is 35.4. The van der Waals surface area contributed by atoms with E-state index in [-0.39, 0.29) is 12.2 Å². The number of amides is 4. The van der Waals surface area contributed by atoms with Crippen LogP contribution in [0.1, 0.15) is 30.0 Å². The van der Waals surface area contributed by atoms with Crippen LogP contribution >= 0.6 is 0 Å². The number of hydrogen-bond donors (Lipinski definition) is 4. The first-order valence-electron chi connectivity index (χ1n) is 16.5. The number of benzene rings is 4. The Morgan fingerprint density at radius 2 is 1.58 bits per heavy atom. The predicted octanol–water partition coefficient (Wildman–Crippen LogP) is 2.73. The number of ketones is 1. The smallest absolute Gasteiger partial charge is 0.328 e.